The second-order valence-corrected chi connectivity index (χ2v) is 13.8. The number of rotatable bonds is 17. The lowest BCUT2D eigenvalue weighted by atomic mass is 10.0. The lowest BCUT2D eigenvalue weighted by Crippen LogP contribution is -2.48. The molecule has 260 valence electrons. The van der Waals surface area contributed by atoms with Crippen molar-refractivity contribution in [3.05, 3.63) is 46.0 Å². The predicted octanol–water partition coefficient (Wildman–Crippen LogP) is 7.91. The van der Waals surface area contributed by atoms with Crippen LogP contribution in [0, 0.1) is 6.92 Å². The van der Waals surface area contributed by atoms with Gasteiger partial charge in [0, 0.05) is 50.2 Å². The number of carbonyl (C=O) groups is 2. The second-order valence-electron chi connectivity index (χ2n) is 13.8. The predicted molar refractivity (Wildman–Crippen MR) is 193 cm³/mol. The average molecular weight is 658 g/mol. The Morgan fingerprint density at radius 3 is 2.10 bits per heavy atom. The summed E-state index contributed by atoms with van der Waals surface area (Å²) in [6.45, 7) is 8.54. The van der Waals surface area contributed by atoms with E-state index in [-0.39, 0.29) is 28.9 Å². The van der Waals surface area contributed by atoms with Gasteiger partial charge in [-0.05, 0) is 50.8 Å². The van der Waals surface area contributed by atoms with Crippen LogP contribution in [-0.2, 0) is 4.79 Å². The summed E-state index contributed by atoms with van der Waals surface area (Å²) in [4.78, 5) is 56.9. The van der Waals surface area contributed by atoms with E-state index in [4.69, 9.17) is 4.98 Å². The maximum absolute atomic E-state index is 13.5. The fourth-order valence-electron chi connectivity index (χ4n) is 7.38. The average Bonchev–Trinajstić information content (AvgIpc) is 3.62. The second kappa shape index (κ2) is 17.5. The number of ketones is 1. The van der Waals surface area contributed by atoms with Crippen LogP contribution in [0.25, 0.3) is 11.0 Å². The molecule has 1 amide bonds. The van der Waals surface area contributed by atoms with Gasteiger partial charge >= 0.3 is 0 Å². The standard InChI is InChI=1S/C38H55N7O3/c1-4-5-6-7-8-9-10-11-12-13-14-19-34(47)44-24-22-43(23-25-44)31-20-21-33(39-26-31)41-38-40-27-32-28(2)35(29(3)46)37(48)45(36(32)42-38)30-17-15-16-18-30/h20-21,26-27,30H,4-19,22-25H2,1-3H3,(H,39,40,41,42). The highest BCUT2D eigenvalue weighted by atomic mass is 16.2. The van der Waals surface area contributed by atoms with Gasteiger partial charge in [0.25, 0.3) is 5.56 Å². The van der Waals surface area contributed by atoms with E-state index in [9.17, 15) is 14.4 Å². The maximum Gasteiger partial charge on any atom is 0.263 e. The first-order valence-corrected chi connectivity index (χ1v) is 18.6. The molecule has 1 saturated carbocycles. The number of pyridine rings is 2. The van der Waals surface area contributed by atoms with Gasteiger partial charge in [0.15, 0.2) is 5.78 Å². The van der Waals surface area contributed by atoms with Crippen molar-refractivity contribution in [1.82, 2.24) is 24.4 Å². The number of piperazine rings is 1. The lowest BCUT2D eigenvalue weighted by molar-refractivity contribution is -0.131. The Labute approximate surface area is 285 Å². The summed E-state index contributed by atoms with van der Waals surface area (Å²) in [5.41, 5.74) is 2.16. The van der Waals surface area contributed by atoms with E-state index in [1.165, 1.54) is 64.7 Å². The third-order valence-corrected chi connectivity index (χ3v) is 10.2. The molecule has 1 N–H and O–H groups in total. The zero-order valence-electron chi connectivity index (χ0n) is 29.4. The molecule has 4 heterocycles. The molecule has 1 saturated heterocycles. The minimum atomic E-state index is -0.262. The molecule has 0 aromatic carbocycles. The highest BCUT2D eigenvalue weighted by molar-refractivity contribution is 5.99. The summed E-state index contributed by atoms with van der Waals surface area (Å²) in [6, 6.07) is 3.96. The van der Waals surface area contributed by atoms with Crippen LogP contribution in [0.15, 0.2) is 29.3 Å². The molecule has 2 fully saturated rings. The number of nitrogens with one attached hydrogen (secondary N) is 1. The number of hydrogen-bond donors (Lipinski definition) is 1. The molecular weight excluding hydrogens is 602 g/mol. The van der Waals surface area contributed by atoms with Crippen LogP contribution in [0.1, 0.15) is 139 Å². The van der Waals surface area contributed by atoms with Gasteiger partial charge < -0.3 is 15.1 Å². The molecule has 5 rings (SSSR count). The van der Waals surface area contributed by atoms with Crippen molar-refractivity contribution in [1.29, 1.82) is 0 Å². The van der Waals surface area contributed by atoms with E-state index in [2.05, 4.69) is 27.1 Å². The molecule has 48 heavy (non-hydrogen) atoms. The molecule has 1 aliphatic heterocycles. The third-order valence-electron chi connectivity index (χ3n) is 10.2. The summed E-state index contributed by atoms with van der Waals surface area (Å²) in [5.74, 6) is 1.01. The zero-order valence-corrected chi connectivity index (χ0v) is 29.4. The quantitative estimate of drug-likeness (QED) is 0.115. The van der Waals surface area contributed by atoms with Crippen LogP contribution in [-0.4, -0.2) is 62.3 Å². The number of hydrogen-bond acceptors (Lipinski definition) is 8. The van der Waals surface area contributed by atoms with Crippen molar-refractivity contribution in [3.8, 4) is 0 Å². The summed E-state index contributed by atoms with van der Waals surface area (Å²) in [6.07, 6.45) is 22.3. The van der Waals surface area contributed by atoms with E-state index in [0.717, 1.165) is 75.8 Å². The number of fused-ring (bicyclic) bond motifs is 1. The van der Waals surface area contributed by atoms with E-state index in [1.807, 2.05) is 23.2 Å². The summed E-state index contributed by atoms with van der Waals surface area (Å²) in [5, 5.41) is 3.92. The van der Waals surface area contributed by atoms with Crippen LogP contribution in [0.3, 0.4) is 0 Å². The monoisotopic (exact) mass is 657 g/mol. The Morgan fingerprint density at radius 1 is 0.854 bits per heavy atom. The van der Waals surface area contributed by atoms with Crippen molar-refractivity contribution in [2.75, 3.05) is 36.4 Å². The minimum Gasteiger partial charge on any atom is -0.367 e. The molecule has 10 heteroatoms. The van der Waals surface area contributed by atoms with Crippen molar-refractivity contribution in [2.45, 2.75) is 130 Å². The van der Waals surface area contributed by atoms with Gasteiger partial charge in [-0.1, -0.05) is 84.0 Å². The Balaban J connectivity index is 1.10. The molecule has 10 nitrogen and oxygen atoms in total. The first kappa shape index (κ1) is 35.5. The Bertz CT molecular complexity index is 1570. The first-order chi connectivity index (χ1) is 23.4. The van der Waals surface area contributed by atoms with Crippen LogP contribution in [0.4, 0.5) is 17.5 Å². The molecule has 0 bridgehead atoms. The van der Waals surface area contributed by atoms with E-state index in [0.29, 0.717) is 29.4 Å². The number of unbranched alkanes of at least 4 members (excludes halogenated alkanes) is 10. The van der Waals surface area contributed by atoms with Crippen molar-refractivity contribution in [2.24, 2.45) is 0 Å². The topological polar surface area (TPSA) is 113 Å². The lowest BCUT2D eigenvalue weighted by Gasteiger charge is -2.36. The molecule has 0 atom stereocenters. The molecular formula is C38H55N7O3. The maximum atomic E-state index is 13.5. The fourth-order valence-corrected chi connectivity index (χ4v) is 7.38. The molecule has 0 spiro atoms. The van der Waals surface area contributed by atoms with Gasteiger partial charge in [0.2, 0.25) is 11.9 Å². The van der Waals surface area contributed by atoms with Crippen molar-refractivity contribution >= 4 is 40.2 Å². The SMILES string of the molecule is CCCCCCCCCCCCCC(=O)N1CCN(c2ccc(Nc3ncc4c(C)c(C(C)=O)c(=O)n(C5CCCC5)c4n3)nc2)CC1. The van der Waals surface area contributed by atoms with Gasteiger partial charge in [-0.3, -0.25) is 19.0 Å². The normalized spacial score (nSPS) is 15.4. The molecule has 0 unspecified atom stereocenters. The Morgan fingerprint density at radius 2 is 1.50 bits per heavy atom. The molecule has 2 aliphatic rings. The van der Waals surface area contributed by atoms with Gasteiger partial charge in [-0.25, -0.2) is 9.97 Å². The number of anilines is 3. The highest BCUT2D eigenvalue weighted by Crippen LogP contribution is 2.32. The molecule has 3 aromatic rings. The number of carbonyl (C=O) groups excluding carboxylic acids is 2. The minimum absolute atomic E-state index is 0.0270. The van der Waals surface area contributed by atoms with E-state index < -0.39 is 0 Å². The van der Waals surface area contributed by atoms with E-state index in [1.54, 1.807) is 17.7 Å². The van der Waals surface area contributed by atoms with Gasteiger partial charge in [0.1, 0.15) is 11.5 Å². The highest BCUT2D eigenvalue weighted by Gasteiger charge is 2.26. The summed E-state index contributed by atoms with van der Waals surface area (Å²) < 4.78 is 1.72. The Hall–Kier alpha value is -3.82. The van der Waals surface area contributed by atoms with Gasteiger partial charge in [-0.15, -0.1) is 0 Å². The van der Waals surface area contributed by atoms with Crippen LogP contribution in [0.5, 0.6) is 0 Å². The van der Waals surface area contributed by atoms with Crippen molar-refractivity contribution in [3.63, 3.8) is 0 Å². The van der Waals surface area contributed by atoms with Crippen LogP contribution < -0.4 is 15.8 Å². The molecule has 1 aliphatic carbocycles. The Kier molecular flexibility index (Phi) is 13.0. The molecule has 0 radical (unpaired) electrons. The zero-order chi connectivity index (χ0) is 33.9. The fraction of sp³-hybridized carbons (Fsp3) is 0.632. The van der Waals surface area contributed by atoms with Crippen LogP contribution >= 0.6 is 0 Å². The summed E-state index contributed by atoms with van der Waals surface area (Å²) in [7, 11) is 0. The number of Topliss-reactive ketones (excluding diaryl/α,β-unsaturated/α-hetero) is 1. The largest absolute Gasteiger partial charge is 0.367 e. The van der Waals surface area contributed by atoms with Gasteiger partial charge in [-0.2, -0.15) is 4.98 Å². The third kappa shape index (κ3) is 8.99. The number of aryl methyl sites for hydroxylation is 1. The molecule has 3 aromatic heterocycles. The van der Waals surface area contributed by atoms with E-state index >= 15 is 0 Å². The number of aromatic nitrogens is 4. The van der Waals surface area contributed by atoms with Crippen molar-refractivity contribution < 1.29 is 9.59 Å². The van der Waals surface area contributed by atoms with Gasteiger partial charge in [0.05, 0.1) is 17.4 Å². The first-order valence-electron chi connectivity index (χ1n) is 18.6. The number of amides is 1. The van der Waals surface area contributed by atoms with Crippen LogP contribution in [0.2, 0.25) is 0 Å². The smallest absolute Gasteiger partial charge is 0.263 e. The number of nitrogens with zero attached hydrogens (tertiary/aromatic N) is 6. The summed E-state index contributed by atoms with van der Waals surface area (Å²) >= 11 is 0.